The average Bonchev–Trinajstić information content (AvgIpc) is 3.45. The lowest BCUT2D eigenvalue weighted by Gasteiger charge is -2.11. The molecule has 4 heterocycles. The van der Waals surface area contributed by atoms with E-state index in [1.165, 1.54) is 6.07 Å². The Bertz CT molecular complexity index is 1400. The highest BCUT2D eigenvalue weighted by molar-refractivity contribution is 5.93. The number of aromatic nitrogens is 5. The number of aryl methyl sites for hydroxylation is 1. The summed E-state index contributed by atoms with van der Waals surface area (Å²) in [5.41, 5.74) is 7.19. The smallest absolute Gasteiger partial charge is 0.167 e. The number of anilines is 1. The molecule has 0 radical (unpaired) electrons. The quantitative estimate of drug-likeness (QED) is 0.425. The van der Waals surface area contributed by atoms with Crippen LogP contribution in [-0.4, -0.2) is 51.0 Å². The van der Waals surface area contributed by atoms with Crippen molar-refractivity contribution in [2.75, 3.05) is 26.0 Å². The summed E-state index contributed by atoms with van der Waals surface area (Å²) in [6.07, 6.45) is 2.43. The molecular formula is C22H21F2N7O. The van der Waals surface area contributed by atoms with Crippen LogP contribution in [-0.2, 0) is 4.74 Å². The molecule has 2 atom stereocenters. The molecule has 0 aliphatic carbocycles. The highest BCUT2D eigenvalue weighted by Crippen LogP contribution is 2.29. The van der Waals surface area contributed by atoms with Crippen molar-refractivity contribution in [3.05, 3.63) is 47.0 Å². The summed E-state index contributed by atoms with van der Waals surface area (Å²) in [7, 11) is 1.67. The van der Waals surface area contributed by atoms with Crippen LogP contribution >= 0.6 is 0 Å². The van der Waals surface area contributed by atoms with Gasteiger partial charge in [-0.1, -0.05) is 5.92 Å². The zero-order chi connectivity index (χ0) is 22.4. The van der Waals surface area contributed by atoms with Crippen LogP contribution < -0.4 is 11.1 Å². The van der Waals surface area contributed by atoms with Crippen LogP contribution in [0.25, 0.3) is 21.9 Å². The first-order valence-electron chi connectivity index (χ1n) is 10.2. The summed E-state index contributed by atoms with van der Waals surface area (Å²) in [5.74, 6) is 4.60. The Morgan fingerprint density at radius 2 is 2.19 bits per heavy atom. The fourth-order valence-electron chi connectivity index (χ4n) is 4.23. The molecule has 0 amide bonds. The number of methoxy groups -OCH3 is 1. The number of imidazole rings is 1. The fourth-order valence-corrected chi connectivity index (χ4v) is 4.23. The lowest BCUT2D eigenvalue weighted by atomic mass is 10.1. The predicted octanol–water partition coefficient (Wildman–Crippen LogP) is 2.43. The molecule has 1 aliphatic heterocycles. The van der Waals surface area contributed by atoms with Gasteiger partial charge in [-0.15, -0.1) is 0 Å². The van der Waals surface area contributed by atoms with Crippen molar-refractivity contribution < 1.29 is 13.5 Å². The molecule has 1 saturated heterocycles. The first-order valence-corrected chi connectivity index (χ1v) is 10.2. The molecule has 5 rings (SSSR count). The standard InChI is InChI=1S/C22H21F2N7O/c1-11-28-17-8-15(23)14(20(24)21(17)29-11)3-4-16-19-18(5-6-26-22(19)25)31(30-16)13-7-12(10-32-2)27-9-13/h5-6,8,12-13,27H,7,9-10H2,1-2H3,(H2,25,26)(H,28,29)/t12-,13+/m1/s1. The molecule has 1 fully saturated rings. The second-order valence-electron chi connectivity index (χ2n) is 7.85. The Kier molecular flexibility index (Phi) is 5.00. The van der Waals surface area contributed by atoms with Gasteiger partial charge < -0.3 is 20.8 Å². The van der Waals surface area contributed by atoms with Crippen molar-refractivity contribution in [2.24, 2.45) is 0 Å². The Balaban J connectivity index is 1.60. The van der Waals surface area contributed by atoms with E-state index >= 15 is 0 Å². The van der Waals surface area contributed by atoms with Gasteiger partial charge in [0, 0.05) is 32.0 Å². The van der Waals surface area contributed by atoms with Gasteiger partial charge in [-0.25, -0.2) is 18.7 Å². The zero-order valence-electron chi connectivity index (χ0n) is 17.5. The van der Waals surface area contributed by atoms with E-state index in [0.29, 0.717) is 30.1 Å². The van der Waals surface area contributed by atoms with Gasteiger partial charge in [0.2, 0.25) is 0 Å². The Hall–Kier alpha value is -3.55. The lowest BCUT2D eigenvalue weighted by Crippen LogP contribution is -2.25. The van der Waals surface area contributed by atoms with E-state index in [1.807, 2.05) is 10.7 Å². The van der Waals surface area contributed by atoms with E-state index in [-0.39, 0.29) is 34.5 Å². The van der Waals surface area contributed by atoms with E-state index in [0.717, 1.165) is 11.9 Å². The van der Waals surface area contributed by atoms with Crippen LogP contribution in [0.2, 0.25) is 0 Å². The number of aromatic amines is 1. The van der Waals surface area contributed by atoms with Crippen LogP contribution in [0, 0.1) is 30.4 Å². The summed E-state index contributed by atoms with van der Waals surface area (Å²) >= 11 is 0. The maximum Gasteiger partial charge on any atom is 0.167 e. The molecular weight excluding hydrogens is 416 g/mol. The monoisotopic (exact) mass is 437 g/mol. The average molecular weight is 437 g/mol. The molecule has 164 valence electrons. The molecule has 1 aliphatic rings. The molecule has 10 heteroatoms. The first-order chi connectivity index (χ1) is 15.5. The molecule has 0 spiro atoms. The predicted molar refractivity (Wildman–Crippen MR) is 116 cm³/mol. The summed E-state index contributed by atoms with van der Waals surface area (Å²) < 4.78 is 36.6. The zero-order valence-corrected chi connectivity index (χ0v) is 17.5. The van der Waals surface area contributed by atoms with Gasteiger partial charge in [-0.05, 0) is 25.3 Å². The third-order valence-electron chi connectivity index (χ3n) is 5.66. The molecule has 0 unspecified atom stereocenters. The van der Waals surface area contributed by atoms with Gasteiger partial charge in [0.25, 0.3) is 0 Å². The van der Waals surface area contributed by atoms with Gasteiger partial charge >= 0.3 is 0 Å². The minimum Gasteiger partial charge on any atom is -0.383 e. The second kappa shape index (κ2) is 7.85. The molecule has 0 bridgehead atoms. The number of nitrogens with one attached hydrogen (secondary N) is 2. The Labute approximate surface area is 182 Å². The highest BCUT2D eigenvalue weighted by Gasteiger charge is 2.28. The number of nitrogens with zero attached hydrogens (tertiary/aromatic N) is 4. The second-order valence-corrected chi connectivity index (χ2v) is 7.85. The number of nitrogen functional groups attached to an aromatic ring is 1. The number of hydrogen-bond acceptors (Lipinski definition) is 6. The number of hydrogen-bond donors (Lipinski definition) is 3. The molecule has 4 N–H and O–H groups in total. The third kappa shape index (κ3) is 3.36. The van der Waals surface area contributed by atoms with Crippen molar-refractivity contribution >= 4 is 27.8 Å². The maximum absolute atomic E-state index is 14.9. The summed E-state index contributed by atoms with van der Waals surface area (Å²) in [6.45, 7) is 2.98. The number of H-pyrrole nitrogens is 1. The van der Waals surface area contributed by atoms with Crippen molar-refractivity contribution in [1.82, 2.24) is 30.0 Å². The van der Waals surface area contributed by atoms with Crippen molar-refractivity contribution in [3.8, 4) is 11.8 Å². The largest absolute Gasteiger partial charge is 0.383 e. The number of fused-ring (bicyclic) bond motifs is 2. The van der Waals surface area contributed by atoms with Gasteiger partial charge in [0.1, 0.15) is 28.7 Å². The Morgan fingerprint density at radius 3 is 3.00 bits per heavy atom. The Morgan fingerprint density at radius 1 is 1.34 bits per heavy atom. The normalized spacial score (nSPS) is 18.4. The molecule has 1 aromatic carbocycles. The van der Waals surface area contributed by atoms with Gasteiger partial charge in [-0.2, -0.15) is 5.10 Å². The number of ether oxygens (including phenoxy) is 1. The van der Waals surface area contributed by atoms with Crippen molar-refractivity contribution in [2.45, 2.75) is 25.4 Å². The van der Waals surface area contributed by atoms with Crippen molar-refractivity contribution in [1.29, 1.82) is 0 Å². The SMILES string of the molecule is COC[C@H]1C[C@H](n2nc(C#Cc3c(F)cc4nc(C)[nH]c4c3F)c3c(N)nccc32)CN1. The molecule has 3 aromatic heterocycles. The molecule has 8 nitrogen and oxygen atoms in total. The number of rotatable bonds is 3. The van der Waals surface area contributed by atoms with Gasteiger partial charge in [0.05, 0.1) is 34.6 Å². The number of nitrogens with two attached hydrogens (primary N) is 1. The number of benzene rings is 1. The van der Waals surface area contributed by atoms with Gasteiger partial charge in [-0.3, -0.25) is 4.68 Å². The minimum absolute atomic E-state index is 0.0628. The van der Waals surface area contributed by atoms with E-state index in [2.05, 4.69) is 37.2 Å². The van der Waals surface area contributed by atoms with Crippen molar-refractivity contribution in [3.63, 3.8) is 0 Å². The number of halogens is 2. The third-order valence-corrected chi connectivity index (χ3v) is 5.66. The summed E-state index contributed by atoms with van der Waals surface area (Å²) in [4.78, 5) is 11.0. The van der Waals surface area contributed by atoms with E-state index in [1.54, 1.807) is 20.2 Å². The first kappa shape index (κ1) is 20.4. The van der Waals surface area contributed by atoms with Crippen LogP contribution in [0.4, 0.5) is 14.6 Å². The number of pyridine rings is 1. The minimum atomic E-state index is -0.787. The summed E-state index contributed by atoms with van der Waals surface area (Å²) in [6, 6.07) is 3.26. The van der Waals surface area contributed by atoms with Crippen LogP contribution in [0.1, 0.15) is 29.5 Å². The van der Waals surface area contributed by atoms with E-state index in [4.69, 9.17) is 10.5 Å². The summed E-state index contributed by atoms with van der Waals surface area (Å²) in [5, 5.41) is 8.62. The maximum atomic E-state index is 14.9. The molecule has 4 aromatic rings. The van der Waals surface area contributed by atoms with Gasteiger partial charge in [0.15, 0.2) is 5.82 Å². The van der Waals surface area contributed by atoms with Crippen LogP contribution in [0.3, 0.4) is 0 Å². The molecule has 32 heavy (non-hydrogen) atoms. The lowest BCUT2D eigenvalue weighted by molar-refractivity contribution is 0.172. The fraction of sp³-hybridized carbons (Fsp3) is 0.318. The van der Waals surface area contributed by atoms with Crippen LogP contribution in [0.5, 0.6) is 0 Å². The topological polar surface area (TPSA) is 107 Å². The van der Waals surface area contributed by atoms with E-state index in [9.17, 15) is 8.78 Å². The van der Waals surface area contributed by atoms with E-state index < -0.39 is 11.6 Å². The van der Waals surface area contributed by atoms with Crippen LogP contribution in [0.15, 0.2) is 18.3 Å². The molecule has 0 saturated carbocycles. The highest BCUT2D eigenvalue weighted by atomic mass is 19.1.